The second kappa shape index (κ2) is 7.16. The highest BCUT2D eigenvalue weighted by molar-refractivity contribution is 5.33. The van der Waals surface area contributed by atoms with Gasteiger partial charge in [0, 0.05) is 37.9 Å². The lowest BCUT2D eigenvalue weighted by molar-refractivity contribution is 0.326. The van der Waals surface area contributed by atoms with Crippen LogP contribution in [0.3, 0.4) is 0 Å². The van der Waals surface area contributed by atoms with Gasteiger partial charge in [0.25, 0.3) is 0 Å². The van der Waals surface area contributed by atoms with E-state index < -0.39 is 0 Å². The summed E-state index contributed by atoms with van der Waals surface area (Å²) in [6.07, 6.45) is 0. The number of rotatable bonds is 7. The molecule has 1 N–H and O–H groups in total. The quantitative estimate of drug-likeness (QED) is 0.799. The zero-order chi connectivity index (χ0) is 13.5. The van der Waals surface area contributed by atoms with Crippen molar-refractivity contribution in [2.75, 3.05) is 31.6 Å². The van der Waals surface area contributed by atoms with E-state index in [9.17, 15) is 0 Å². The van der Waals surface area contributed by atoms with E-state index in [1.165, 1.54) is 0 Å². The molecule has 0 amide bonds. The third-order valence-corrected chi connectivity index (χ3v) is 2.45. The van der Waals surface area contributed by atoms with Crippen LogP contribution < -0.4 is 15.0 Å². The highest BCUT2D eigenvalue weighted by Crippen LogP contribution is 2.14. The van der Waals surface area contributed by atoms with E-state index in [0.29, 0.717) is 24.5 Å². The van der Waals surface area contributed by atoms with E-state index in [1.54, 1.807) is 0 Å². The molecule has 5 heteroatoms. The molecule has 0 fully saturated rings. The molecule has 5 nitrogen and oxygen atoms in total. The highest BCUT2D eigenvalue weighted by atomic mass is 16.5. The van der Waals surface area contributed by atoms with Gasteiger partial charge in [-0.05, 0) is 13.8 Å². The summed E-state index contributed by atoms with van der Waals surface area (Å²) in [5, 5.41) is 3.37. The number of nitrogens with one attached hydrogen (secondary N) is 1. The summed E-state index contributed by atoms with van der Waals surface area (Å²) in [4.78, 5) is 10.8. The first-order chi connectivity index (χ1) is 8.52. The number of aromatic nitrogens is 2. The molecule has 0 unspecified atom stereocenters. The summed E-state index contributed by atoms with van der Waals surface area (Å²) in [7, 11) is 1.99. The number of aryl methyl sites for hydroxylation is 1. The van der Waals surface area contributed by atoms with Crippen LogP contribution >= 0.6 is 0 Å². The molecular weight excluding hydrogens is 228 g/mol. The Morgan fingerprint density at radius 2 is 2.11 bits per heavy atom. The molecule has 0 saturated heterocycles. The van der Waals surface area contributed by atoms with E-state index in [0.717, 1.165) is 18.8 Å². The SMILES string of the molecule is CCOc1cc(C)nc(N(C)CCNC(C)C)n1. The minimum Gasteiger partial charge on any atom is -0.478 e. The number of hydrogen-bond acceptors (Lipinski definition) is 5. The van der Waals surface area contributed by atoms with Gasteiger partial charge in [-0.25, -0.2) is 4.98 Å². The van der Waals surface area contributed by atoms with Gasteiger partial charge in [0.2, 0.25) is 11.8 Å². The Kier molecular flexibility index (Phi) is 5.85. The fourth-order valence-electron chi connectivity index (χ4n) is 1.54. The van der Waals surface area contributed by atoms with Gasteiger partial charge in [0.05, 0.1) is 6.61 Å². The zero-order valence-corrected chi connectivity index (χ0v) is 12.0. The van der Waals surface area contributed by atoms with Crippen molar-refractivity contribution in [2.24, 2.45) is 0 Å². The van der Waals surface area contributed by atoms with Gasteiger partial charge in [0.1, 0.15) is 0 Å². The lowest BCUT2D eigenvalue weighted by atomic mass is 10.4. The van der Waals surface area contributed by atoms with Gasteiger partial charge in [-0.15, -0.1) is 0 Å². The monoisotopic (exact) mass is 252 g/mol. The topological polar surface area (TPSA) is 50.3 Å². The second-order valence-electron chi connectivity index (χ2n) is 4.61. The van der Waals surface area contributed by atoms with E-state index >= 15 is 0 Å². The minimum absolute atomic E-state index is 0.496. The average Bonchev–Trinajstić information content (AvgIpc) is 2.28. The Bertz CT molecular complexity index is 368. The molecule has 0 spiro atoms. The van der Waals surface area contributed by atoms with Crippen LogP contribution in [0.25, 0.3) is 0 Å². The van der Waals surface area contributed by atoms with Crippen molar-refractivity contribution in [1.82, 2.24) is 15.3 Å². The molecule has 0 bridgehead atoms. The van der Waals surface area contributed by atoms with Crippen LogP contribution in [-0.2, 0) is 0 Å². The Balaban J connectivity index is 2.63. The van der Waals surface area contributed by atoms with Gasteiger partial charge in [-0.1, -0.05) is 13.8 Å². The van der Waals surface area contributed by atoms with Crippen LogP contribution in [0, 0.1) is 6.92 Å². The molecule has 0 atom stereocenters. The number of hydrogen-bond donors (Lipinski definition) is 1. The van der Waals surface area contributed by atoms with Crippen LogP contribution in [-0.4, -0.2) is 42.8 Å². The fraction of sp³-hybridized carbons (Fsp3) is 0.692. The molecule has 102 valence electrons. The maximum absolute atomic E-state index is 5.43. The number of likely N-dealkylation sites (N-methyl/N-ethyl adjacent to an activating group) is 1. The second-order valence-corrected chi connectivity index (χ2v) is 4.61. The number of nitrogens with zero attached hydrogens (tertiary/aromatic N) is 3. The van der Waals surface area contributed by atoms with Crippen LogP contribution in [0.2, 0.25) is 0 Å². The molecule has 0 aromatic carbocycles. The standard InChI is InChI=1S/C13H24N4O/c1-6-18-12-9-11(4)15-13(16-12)17(5)8-7-14-10(2)3/h9-10,14H,6-8H2,1-5H3. The van der Waals surface area contributed by atoms with Gasteiger partial charge < -0.3 is 15.0 Å². The van der Waals surface area contributed by atoms with E-state index in [1.807, 2.05) is 31.9 Å². The lowest BCUT2D eigenvalue weighted by Crippen LogP contribution is -2.33. The molecule has 1 aromatic rings. The fourth-order valence-corrected chi connectivity index (χ4v) is 1.54. The third kappa shape index (κ3) is 4.87. The van der Waals surface area contributed by atoms with Gasteiger partial charge >= 0.3 is 0 Å². The molecular formula is C13H24N4O. The van der Waals surface area contributed by atoms with Crippen LogP contribution in [0.1, 0.15) is 26.5 Å². The summed E-state index contributed by atoms with van der Waals surface area (Å²) in [6, 6.07) is 2.35. The Morgan fingerprint density at radius 3 is 2.72 bits per heavy atom. The summed E-state index contributed by atoms with van der Waals surface area (Å²) in [5.41, 5.74) is 0.923. The maximum atomic E-state index is 5.43. The summed E-state index contributed by atoms with van der Waals surface area (Å²) >= 11 is 0. The molecule has 0 aliphatic carbocycles. The summed E-state index contributed by atoms with van der Waals surface area (Å²) in [6.45, 7) is 10.6. The van der Waals surface area contributed by atoms with Crippen molar-refractivity contribution >= 4 is 5.95 Å². The van der Waals surface area contributed by atoms with Crippen molar-refractivity contribution in [1.29, 1.82) is 0 Å². The molecule has 18 heavy (non-hydrogen) atoms. The maximum Gasteiger partial charge on any atom is 0.228 e. The zero-order valence-electron chi connectivity index (χ0n) is 12.0. The first kappa shape index (κ1) is 14.7. The molecule has 0 radical (unpaired) electrons. The first-order valence-corrected chi connectivity index (χ1v) is 6.46. The number of anilines is 1. The molecule has 1 heterocycles. The van der Waals surface area contributed by atoms with Crippen LogP contribution in [0.4, 0.5) is 5.95 Å². The van der Waals surface area contributed by atoms with Crippen molar-refractivity contribution in [2.45, 2.75) is 33.7 Å². The smallest absolute Gasteiger partial charge is 0.228 e. The van der Waals surface area contributed by atoms with E-state index in [2.05, 4.69) is 29.1 Å². The lowest BCUT2D eigenvalue weighted by Gasteiger charge is -2.19. The largest absolute Gasteiger partial charge is 0.478 e. The van der Waals surface area contributed by atoms with Gasteiger partial charge in [-0.2, -0.15) is 4.98 Å². The normalized spacial score (nSPS) is 10.8. The Labute approximate surface area is 110 Å². The molecule has 1 aromatic heterocycles. The third-order valence-electron chi connectivity index (χ3n) is 2.45. The Hall–Kier alpha value is -1.36. The molecule has 0 saturated carbocycles. The van der Waals surface area contributed by atoms with Crippen molar-refractivity contribution < 1.29 is 4.74 Å². The van der Waals surface area contributed by atoms with E-state index in [-0.39, 0.29) is 0 Å². The van der Waals surface area contributed by atoms with Crippen LogP contribution in [0.5, 0.6) is 5.88 Å². The van der Waals surface area contributed by atoms with Crippen molar-refractivity contribution in [3.05, 3.63) is 11.8 Å². The summed E-state index contributed by atoms with van der Waals surface area (Å²) < 4.78 is 5.43. The predicted octanol–water partition coefficient (Wildman–Crippen LogP) is 1.62. The first-order valence-electron chi connectivity index (χ1n) is 6.46. The van der Waals surface area contributed by atoms with Gasteiger partial charge in [-0.3, -0.25) is 0 Å². The highest BCUT2D eigenvalue weighted by Gasteiger charge is 2.07. The molecule has 0 aliphatic heterocycles. The molecule has 1 rings (SSSR count). The Morgan fingerprint density at radius 1 is 1.39 bits per heavy atom. The summed E-state index contributed by atoms with van der Waals surface area (Å²) in [5.74, 6) is 1.35. The van der Waals surface area contributed by atoms with Gasteiger partial charge in [0.15, 0.2) is 0 Å². The average molecular weight is 252 g/mol. The van der Waals surface area contributed by atoms with E-state index in [4.69, 9.17) is 4.74 Å². The predicted molar refractivity (Wildman–Crippen MR) is 74.3 cm³/mol. The van der Waals surface area contributed by atoms with Crippen molar-refractivity contribution in [3.63, 3.8) is 0 Å². The minimum atomic E-state index is 0.496. The van der Waals surface area contributed by atoms with Crippen LogP contribution in [0.15, 0.2) is 6.07 Å². The number of ether oxygens (including phenoxy) is 1. The van der Waals surface area contributed by atoms with Crippen molar-refractivity contribution in [3.8, 4) is 5.88 Å². The molecule has 0 aliphatic rings.